The van der Waals surface area contributed by atoms with Crippen molar-refractivity contribution in [2.75, 3.05) is 26.2 Å². The van der Waals surface area contributed by atoms with Crippen LogP contribution in [0.3, 0.4) is 0 Å². The quantitative estimate of drug-likeness (QED) is 0.788. The van der Waals surface area contributed by atoms with Gasteiger partial charge >= 0.3 is 0 Å². The van der Waals surface area contributed by atoms with Crippen LogP contribution in [0, 0.1) is 16.7 Å². The lowest BCUT2D eigenvalue weighted by atomic mass is 9.73. The van der Waals surface area contributed by atoms with Crippen LogP contribution in [0.5, 0.6) is 0 Å². The molecule has 2 saturated heterocycles. The highest BCUT2D eigenvalue weighted by Crippen LogP contribution is 2.39. The number of aromatic nitrogens is 1. The van der Waals surface area contributed by atoms with Crippen molar-refractivity contribution in [2.45, 2.75) is 38.6 Å². The lowest BCUT2D eigenvalue weighted by Gasteiger charge is -2.48. The zero-order valence-corrected chi connectivity index (χ0v) is 16.9. The number of rotatable bonds is 5. The van der Waals surface area contributed by atoms with Crippen LogP contribution in [-0.2, 0) is 17.8 Å². The summed E-state index contributed by atoms with van der Waals surface area (Å²) in [5.74, 6) is 0.288. The maximum Gasteiger partial charge on any atom is 0.222 e. The number of piperidine rings is 2. The molecular weight excluding hydrogens is 360 g/mol. The number of hydrogen-bond acceptors (Lipinski definition) is 4. The van der Waals surface area contributed by atoms with Crippen LogP contribution in [0.2, 0.25) is 0 Å². The number of pyridine rings is 1. The van der Waals surface area contributed by atoms with E-state index in [0.29, 0.717) is 12.0 Å². The van der Waals surface area contributed by atoms with Crippen molar-refractivity contribution >= 4 is 5.91 Å². The Morgan fingerprint density at radius 1 is 1.10 bits per heavy atom. The summed E-state index contributed by atoms with van der Waals surface area (Å²) >= 11 is 0. The minimum Gasteiger partial charge on any atom is -0.342 e. The maximum absolute atomic E-state index is 12.5. The van der Waals surface area contributed by atoms with Crippen molar-refractivity contribution in [3.63, 3.8) is 0 Å². The molecule has 0 unspecified atom stereocenters. The number of nitrogens with zero attached hydrogens (tertiary/aromatic N) is 4. The lowest BCUT2D eigenvalue weighted by Crippen LogP contribution is -2.54. The van der Waals surface area contributed by atoms with Gasteiger partial charge in [0.15, 0.2) is 0 Å². The summed E-state index contributed by atoms with van der Waals surface area (Å²) in [4.78, 5) is 21.5. The van der Waals surface area contributed by atoms with Crippen LogP contribution in [0.15, 0.2) is 48.7 Å². The second-order valence-corrected chi connectivity index (χ2v) is 8.51. The molecule has 2 fully saturated rings. The molecule has 0 radical (unpaired) electrons. The molecule has 0 saturated carbocycles. The smallest absolute Gasteiger partial charge is 0.222 e. The Morgan fingerprint density at radius 3 is 2.72 bits per heavy atom. The molecule has 150 valence electrons. The molecule has 1 amide bonds. The van der Waals surface area contributed by atoms with E-state index in [1.54, 1.807) is 0 Å². The Balaban J connectivity index is 1.38. The molecule has 1 aromatic heterocycles. The lowest BCUT2D eigenvalue weighted by molar-refractivity contribution is -0.139. The van der Waals surface area contributed by atoms with Gasteiger partial charge in [0.2, 0.25) is 5.91 Å². The van der Waals surface area contributed by atoms with E-state index in [1.807, 2.05) is 36.5 Å². The molecule has 1 atom stereocenters. The summed E-state index contributed by atoms with van der Waals surface area (Å²) < 4.78 is 0. The second kappa shape index (κ2) is 8.75. The average molecular weight is 389 g/mol. The summed E-state index contributed by atoms with van der Waals surface area (Å²) in [5, 5.41) is 8.98. The van der Waals surface area contributed by atoms with Gasteiger partial charge in [-0.2, -0.15) is 5.26 Å². The van der Waals surface area contributed by atoms with Crippen molar-refractivity contribution in [1.82, 2.24) is 14.8 Å². The van der Waals surface area contributed by atoms with Gasteiger partial charge in [-0.1, -0.05) is 18.2 Å². The minimum absolute atomic E-state index is 0.211. The molecule has 2 aromatic rings. The van der Waals surface area contributed by atoms with Gasteiger partial charge in [0.05, 0.1) is 11.6 Å². The number of carbonyl (C=O) groups excluding carboxylic acids is 1. The Bertz CT molecular complexity index is 874. The molecule has 4 rings (SSSR count). The monoisotopic (exact) mass is 388 g/mol. The molecule has 2 aliphatic rings. The Kier molecular flexibility index (Phi) is 5.92. The third kappa shape index (κ3) is 4.83. The first-order chi connectivity index (χ1) is 14.2. The van der Waals surface area contributed by atoms with E-state index < -0.39 is 0 Å². The highest BCUT2D eigenvalue weighted by molar-refractivity contribution is 5.77. The number of likely N-dealkylation sites (tertiary alicyclic amines) is 2. The van der Waals surface area contributed by atoms with Crippen molar-refractivity contribution < 1.29 is 4.79 Å². The first-order valence-electron chi connectivity index (χ1n) is 10.5. The molecule has 3 heterocycles. The highest BCUT2D eigenvalue weighted by Gasteiger charge is 2.41. The Labute approximate surface area is 173 Å². The summed E-state index contributed by atoms with van der Waals surface area (Å²) in [6.07, 6.45) is 6.67. The summed E-state index contributed by atoms with van der Waals surface area (Å²) in [5.41, 5.74) is 3.22. The fourth-order valence-corrected chi connectivity index (χ4v) is 4.82. The predicted octanol–water partition coefficient (Wildman–Crippen LogP) is 3.40. The first kappa shape index (κ1) is 19.6. The predicted molar refractivity (Wildman–Crippen MR) is 112 cm³/mol. The standard InChI is InChI=1S/C24H28N4O/c25-16-20-5-7-21(8-6-20)17-27-14-3-11-24(18-27)12-9-23(29)28(19-24)15-10-22-4-1-2-13-26-22/h1-2,4-8,13H,3,9-12,14-15,17-19H2/t24-/m0/s1. The van der Waals surface area contributed by atoms with Crippen molar-refractivity contribution in [1.29, 1.82) is 5.26 Å². The Hall–Kier alpha value is -2.71. The van der Waals surface area contributed by atoms with Gasteiger partial charge < -0.3 is 4.90 Å². The molecule has 1 spiro atoms. The molecule has 5 heteroatoms. The summed E-state index contributed by atoms with van der Waals surface area (Å²) in [6, 6.07) is 16.1. The van der Waals surface area contributed by atoms with Crippen LogP contribution in [0.4, 0.5) is 0 Å². The zero-order valence-electron chi connectivity index (χ0n) is 16.9. The zero-order chi connectivity index (χ0) is 20.1. The van der Waals surface area contributed by atoms with Crippen LogP contribution < -0.4 is 0 Å². The summed E-state index contributed by atoms with van der Waals surface area (Å²) in [6.45, 7) is 4.68. The van der Waals surface area contributed by atoms with E-state index in [-0.39, 0.29) is 11.3 Å². The van der Waals surface area contributed by atoms with E-state index in [1.165, 1.54) is 18.4 Å². The molecule has 2 aliphatic heterocycles. The number of amides is 1. The van der Waals surface area contributed by atoms with Gasteiger partial charge in [-0.05, 0) is 55.6 Å². The van der Waals surface area contributed by atoms with Gasteiger partial charge in [0, 0.05) is 56.3 Å². The molecule has 0 aliphatic carbocycles. The van der Waals surface area contributed by atoms with Gasteiger partial charge in [0.1, 0.15) is 0 Å². The summed E-state index contributed by atoms with van der Waals surface area (Å²) in [7, 11) is 0. The topological polar surface area (TPSA) is 60.2 Å². The van der Waals surface area contributed by atoms with E-state index >= 15 is 0 Å². The van der Waals surface area contributed by atoms with Crippen LogP contribution >= 0.6 is 0 Å². The second-order valence-electron chi connectivity index (χ2n) is 8.51. The number of hydrogen-bond donors (Lipinski definition) is 0. The normalized spacial score (nSPS) is 22.6. The molecular formula is C24H28N4O. The number of carbonyl (C=O) groups is 1. The van der Waals surface area contributed by atoms with Crippen LogP contribution in [-0.4, -0.2) is 46.9 Å². The van der Waals surface area contributed by atoms with Gasteiger partial charge in [-0.25, -0.2) is 0 Å². The minimum atomic E-state index is 0.211. The fourth-order valence-electron chi connectivity index (χ4n) is 4.82. The van der Waals surface area contributed by atoms with Crippen molar-refractivity contribution in [3.05, 3.63) is 65.5 Å². The third-order valence-electron chi connectivity index (χ3n) is 6.34. The van der Waals surface area contributed by atoms with Crippen molar-refractivity contribution in [3.8, 4) is 6.07 Å². The number of nitriles is 1. The van der Waals surface area contributed by atoms with Crippen LogP contribution in [0.1, 0.15) is 42.5 Å². The van der Waals surface area contributed by atoms with E-state index in [0.717, 1.165) is 51.3 Å². The largest absolute Gasteiger partial charge is 0.342 e. The molecule has 29 heavy (non-hydrogen) atoms. The van der Waals surface area contributed by atoms with Gasteiger partial charge in [0.25, 0.3) is 0 Å². The SMILES string of the molecule is N#Cc1ccc(CN2CCC[C@]3(CCC(=O)N(CCc4ccccn4)C3)C2)cc1. The molecule has 1 aromatic carbocycles. The molecule has 5 nitrogen and oxygen atoms in total. The molecule has 0 bridgehead atoms. The maximum atomic E-state index is 12.5. The van der Waals surface area contributed by atoms with Gasteiger partial charge in [-0.3, -0.25) is 14.7 Å². The van der Waals surface area contributed by atoms with E-state index in [4.69, 9.17) is 5.26 Å². The van der Waals surface area contributed by atoms with E-state index in [2.05, 4.69) is 33.0 Å². The third-order valence-corrected chi connectivity index (χ3v) is 6.34. The van der Waals surface area contributed by atoms with Crippen molar-refractivity contribution in [2.24, 2.45) is 5.41 Å². The van der Waals surface area contributed by atoms with Crippen LogP contribution in [0.25, 0.3) is 0 Å². The van der Waals surface area contributed by atoms with E-state index in [9.17, 15) is 4.79 Å². The number of benzene rings is 1. The van der Waals surface area contributed by atoms with Gasteiger partial charge in [-0.15, -0.1) is 0 Å². The first-order valence-corrected chi connectivity index (χ1v) is 10.5. The fraction of sp³-hybridized carbons (Fsp3) is 0.458. The Morgan fingerprint density at radius 2 is 1.97 bits per heavy atom. The average Bonchev–Trinajstić information content (AvgIpc) is 2.76. The highest BCUT2D eigenvalue weighted by atomic mass is 16.2. The molecule has 0 N–H and O–H groups in total.